The summed E-state index contributed by atoms with van der Waals surface area (Å²) in [6.45, 7) is 1.05. The van der Waals surface area contributed by atoms with Crippen LogP contribution in [0, 0.1) is 0 Å². The van der Waals surface area contributed by atoms with Crippen LogP contribution in [-0.2, 0) is 16.2 Å². The molecule has 1 amide bonds. The molecule has 0 radical (unpaired) electrons. The van der Waals surface area contributed by atoms with Crippen LogP contribution in [0.4, 0.5) is 18.9 Å². The number of alkyl halides is 3. The maximum absolute atomic E-state index is 13.0. The second-order valence-corrected chi connectivity index (χ2v) is 8.93. The van der Waals surface area contributed by atoms with Gasteiger partial charge in [0.1, 0.15) is 4.90 Å². The van der Waals surface area contributed by atoms with Crippen LogP contribution in [0.3, 0.4) is 0 Å². The maximum Gasteiger partial charge on any atom is 0.416 e. The molecule has 2 aromatic carbocycles. The lowest BCUT2D eigenvalue weighted by Gasteiger charge is -2.19. The van der Waals surface area contributed by atoms with Crippen molar-refractivity contribution in [1.82, 2.24) is 4.90 Å². The summed E-state index contributed by atoms with van der Waals surface area (Å²) in [5.74, 6) is -0.419. The molecule has 2 aromatic rings. The van der Waals surface area contributed by atoms with Crippen LogP contribution in [0.15, 0.2) is 41.3 Å². The first-order chi connectivity index (χ1) is 13.5. The van der Waals surface area contributed by atoms with Gasteiger partial charge in [-0.3, -0.25) is 9.52 Å². The second kappa shape index (κ2) is 8.04. The monoisotopic (exact) mass is 466 g/mol. The van der Waals surface area contributed by atoms with Gasteiger partial charge in [-0.05, 0) is 49.2 Å². The van der Waals surface area contributed by atoms with Crippen molar-refractivity contribution < 1.29 is 26.4 Å². The Labute approximate surface area is 175 Å². The average molecular weight is 467 g/mol. The van der Waals surface area contributed by atoms with E-state index < -0.39 is 32.6 Å². The Bertz CT molecular complexity index is 1050. The first-order valence-corrected chi connectivity index (χ1v) is 10.7. The van der Waals surface area contributed by atoms with Gasteiger partial charge in [0.25, 0.3) is 15.9 Å². The van der Waals surface area contributed by atoms with E-state index in [2.05, 4.69) is 4.72 Å². The van der Waals surface area contributed by atoms with E-state index in [1.165, 1.54) is 18.2 Å². The summed E-state index contributed by atoms with van der Waals surface area (Å²) in [6, 6.07) is 5.96. The topological polar surface area (TPSA) is 66.5 Å². The molecule has 156 valence electrons. The molecule has 0 saturated carbocycles. The van der Waals surface area contributed by atoms with Crippen molar-refractivity contribution in [3.63, 3.8) is 0 Å². The number of anilines is 1. The van der Waals surface area contributed by atoms with Gasteiger partial charge in [0.2, 0.25) is 0 Å². The van der Waals surface area contributed by atoms with Crippen molar-refractivity contribution >= 4 is 44.8 Å². The predicted molar refractivity (Wildman–Crippen MR) is 104 cm³/mol. The first-order valence-electron chi connectivity index (χ1n) is 8.47. The number of likely N-dealkylation sites (tertiary alicyclic amines) is 1. The van der Waals surface area contributed by atoms with Crippen LogP contribution in [0.2, 0.25) is 10.0 Å². The SMILES string of the molecule is O=C(c1cc(Cl)ccc1NS(=O)(=O)c1cc(C(F)(F)F)ccc1Cl)N1CCCC1. The van der Waals surface area contributed by atoms with Gasteiger partial charge in [0.05, 0.1) is 21.8 Å². The molecule has 29 heavy (non-hydrogen) atoms. The minimum atomic E-state index is -4.74. The third-order valence-electron chi connectivity index (χ3n) is 4.40. The number of hydrogen-bond acceptors (Lipinski definition) is 3. The van der Waals surface area contributed by atoms with Gasteiger partial charge in [-0.2, -0.15) is 13.2 Å². The Kier molecular flexibility index (Phi) is 6.03. The molecule has 1 saturated heterocycles. The normalized spacial score (nSPS) is 14.9. The number of carbonyl (C=O) groups is 1. The van der Waals surface area contributed by atoms with Gasteiger partial charge in [0, 0.05) is 18.1 Å². The highest BCUT2D eigenvalue weighted by molar-refractivity contribution is 7.92. The van der Waals surface area contributed by atoms with E-state index in [1.807, 2.05) is 0 Å². The lowest BCUT2D eigenvalue weighted by atomic mass is 10.1. The number of benzene rings is 2. The number of carbonyl (C=O) groups excluding carboxylic acids is 1. The number of amides is 1. The lowest BCUT2D eigenvalue weighted by molar-refractivity contribution is -0.137. The Balaban J connectivity index is 2.01. The van der Waals surface area contributed by atoms with Crippen LogP contribution in [0.25, 0.3) is 0 Å². The third kappa shape index (κ3) is 4.79. The van der Waals surface area contributed by atoms with E-state index in [9.17, 15) is 26.4 Å². The Hall–Kier alpha value is -1.97. The van der Waals surface area contributed by atoms with Gasteiger partial charge in [0.15, 0.2) is 0 Å². The number of nitrogens with zero attached hydrogens (tertiary/aromatic N) is 1. The summed E-state index contributed by atoms with van der Waals surface area (Å²) in [7, 11) is -4.51. The van der Waals surface area contributed by atoms with Gasteiger partial charge in [-0.15, -0.1) is 0 Å². The molecule has 0 aromatic heterocycles. The van der Waals surface area contributed by atoms with E-state index >= 15 is 0 Å². The Morgan fingerprint density at radius 3 is 2.31 bits per heavy atom. The number of rotatable bonds is 4. The minimum Gasteiger partial charge on any atom is -0.339 e. The molecule has 0 aliphatic carbocycles. The summed E-state index contributed by atoms with van der Waals surface area (Å²) >= 11 is 11.8. The predicted octanol–water partition coefficient (Wildman–Crippen LogP) is 5.05. The number of sulfonamides is 1. The standard InChI is InChI=1S/C18H15Cl2F3N2O3S/c19-12-4-6-15(13(10-12)17(26)25-7-1-2-8-25)24-29(27,28)16-9-11(18(21,22)23)3-5-14(16)20/h3-6,9-10,24H,1-2,7-8H2. The Morgan fingerprint density at radius 2 is 1.69 bits per heavy atom. The molecule has 0 bridgehead atoms. The fourth-order valence-corrected chi connectivity index (χ4v) is 4.74. The van der Waals surface area contributed by atoms with Gasteiger partial charge in [-0.1, -0.05) is 23.2 Å². The maximum atomic E-state index is 13.0. The third-order valence-corrected chi connectivity index (χ3v) is 6.48. The van der Waals surface area contributed by atoms with E-state index in [4.69, 9.17) is 23.2 Å². The summed E-state index contributed by atoms with van der Waals surface area (Å²) in [6.07, 6.45) is -3.09. The average Bonchev–Trinajstić information content (AvgIpc) is 3.16. The molecule has 0 spiro atoms. The zero-order chi connectivity index (χ0) is 21.4. The molecule has 1 heterocycles. The second-order valence-electron chi connectivity index (χ2n) is 6.44. The largest absolute Gasteiger partial charge is 0.416 e. The lowest BCUT2D eigenvalue weighted by Crippen LogP contribution is -2.29. The molecule has 0 unspecified atom stereocenters. The molecule has 1 fully saturated rings. The molecule has 1 N–H and O–H groups in total. The van der Waals surface area contributed by atoms with Crippen molar-refractivity contribution in [3.05, 3.63) is 57.6 Å². The smallest absolute Gasteiger partial charge is 0.339 e. The highest BCUT2D eigenvalue weighted by Gasteiger charge is 2.33. The minimum absolute atomic E-state index is 0.00562. The fraction of sp³-hybridized carbons (Fsp3) is 0.278. The highest BCUT2D eigenvalue weighted by atomic mass is 35.5. The highest BCUT2D eigenvalue weighted by Crippen LogP contribution is 2.34. The molecule has 1 aliphatic rings. The van der Waals surface area contributed by atoms with E-state index in [0.717, 1.165) is 18.9 Å². The van der Waals surface area contributed by atoms with Crippen LogP contribution < -0.4 is 4.72 Å². The molecule has 1 aliphatic heterocycles. The Morgan fingerprint density at radius 1 is 1.03 bits per heavy atom. The summed E-state index contributed by atoms with van der Waals surface area (Å²) in [4.78, 5) is 13.6. The van der Waals surface area contributed by atoms with Crippen molar-refractivity contribution in [2.45, 2.75) is 23.9 Å². The number of nitrogens with one attached hydrogen (secondary N) is 1. The van der Waals surface area contributed by atoms with Crippen LogP contribution in [0.1, 0.15) is 28.8 Å². The van der Waals surface area contributed by atoms with Crippen LogP contribution >= 0.6 is 23.2 Å². The summed E-state index contributed by atoms with van der Waals surface area (Å²) in [5.41, 5.74) is -1.25. The summed E-state index contributed by atoms with van der Waals surface area (Å²) < 4.78 is 66.6. The number of halogens is 5. The zero-order valence-electron chi connectivity index (χ0n) is 14.8. The van der Waals surface area contributed by atoms with Gasteiger partial charge >= 0.3 is 6.18 Å². The molecular formula is C18H15Cl2F3N2O3S. The molecular weight excluding hydrogens is 452 g/mol. The molecule has 0 atom stereocenters. The van der Waals surface area contributed by atoms with Crippen molar-refractivity contribution in [3.8, 4) is 0 Å². The quantitative estimate of drug-likeness (QED) is 0.685. The molecule has 11 heteroatoms. The van der Waals surface area contributed by atoms with Gasteiger partial charge < -0.3 is 4.90 Å². The summed E-state index contributed by atoms with van der Waals surface area (Å²) in [5, 5.41) is -0.167. The molecule has 5 nitrogen and oxygen atoms in total. The van der Waals surface area contributed by atoms with Crippen molar-refractivity contribution in [1.29, 1.82) is 0 Å². The fourth-order valence-electron chi connectivity index (χ4n) is 2.96. The number of hydrogen-bond donors (Lipinski definition) is 1. The van der Waals surface area contributed by atoms with E-state index in [-0.39, 0.29) is 21.3 Å². The molecule has 3 rings (SSSR count). The van der Waals surface area contributed by atoms with Crippen LogP contribution in [-0.4, -0.2) is 32.3 Å². The zero-order valence-corrected chi connectivity index (χ0v) is 17.1. The van der Waals surface area contributed by atoms with Crippen molar-refractivity contribution in [2.24, 2.45) is 0 Å². The van der Waals surface area contributed by atoms with E-state index in [1.54, 1.807) is 4.90 Å². The van der Waals surface area contributed by atoms with Crippen LogP contribution in [0.5, 0.6) is 0 Å². The van der Waals surface area contributed by atoms with Crippen molar-refractivity contribution in [2.75, 3.05) is 17.8 Å². The first kappa shape index (κ1) is 21.7. The van der Waals surface area contributed by atoms with Gasteiger partial charge in [-0.25, -0.2) is 8.42 Å². The van der Waals surface area contributed by atoms with E-state index in [0.29, 0.717) is 25.2 Å².